The number of piperidine rings is 1. The van der Waals surface area contributed by atoms with Crippen LogP contribution in [0.25, 0.3) is 0 Å². The number of nitrogens with zero attached hydrogens (tertiary/aromatic N) is 2. The molecular formula is C16H22F3N3O2. The molecule has 24 heavy (non-hydrogen) atoms. The molecule has 0 saturated carbocycles. The fourth-order valence-electron chi connectivity index (χ4n) is 2.44. The number of rotatable bonds is 2. The Balaban J connectivity index is 2.07. The van der Waals surface area contributed by atoms with Gasteiger partial charge in [0, 0.05) is 12.7 Å². The summed E-state index contributed by atoms with van der Waals surface area (Å²) >= 11 is 0. The first kappa shape index (κ1) is 18.4. The lowest BCUT2D eigenvalue weighted by Crippen LogP contribution is -2.49. The number of likely N-dealkylation sites (tertiary alicyclic amines) is 1. The van der Waals surface area contributed by atoms with Gasteiger partial charge in [0.25, 0.3) is 0 Å². The minimum Gasteiger partial charge on any atom is -0.444 e. The van der Waals surface area contributed by atoms with Crippen LogP contribution in [0.15, 0.2) is 18.3 Å². The van der Waals surface area contributed by atoms with E-state index in [2.05, 4.69) is 10.3 Å². The van der Waals surface area contributed by atoms with Crippen molar-refractivity contribution in [3.05, 3.63) is 23.9 Å². The Bertz CT molecular complexity index is 567. The first-order chi connectivity index (χ1) is 11.1. The Kier molecular flexibility index (Phi) is 5.25. The molecule has 1 fully saturated rings. The van der Waals surface area contributed by atoms with Crippen LogP contribution in [0.2, 0.25) is 0 Å². The van der Waals surface area contributed by atoms with E-state index in [9.17, 15) is 18.0 Å². The number of aromatic nitrogens is 1. The molecule has 1 atom stereocenters. The molecule has 0 aromatic carbocycles. The molecule has 1 N–H and O–H groups in total. The van der Waals surface area contributed by atoms with Crippen LogP contribution in [0.1, 0.15) is 45.6 Å². The molecule has 1 aromatic heterocycles. The molecule has 0 radical (unpaired) electrons. The minimum atomic E-state index is -4.42. The molecule has 5 nitrogen and oxygen atoms in total. The van der Waals surface area contributed by atoms with Gasteiger partial charge in [-0.1, -0.05) is 0 Å². The van der Waals surface area contributed by atoms with Crippen molar-refractivity contribution in [3.8, 4) is 0 Å². The summed E-state index contributed by atoms with van der Waals surface area (Å²) in [4.78, 5) is 17.7. The third-order valence-corrected chi connectivity index (χ3v) is 3.54. The number of alkyl halides is 3. The van der Waals surface area contributed by atoms with Gasteiger partial charge in [0.1, 0.15) is 17.6 Å². The fraction of sp³-hybridized carbons (Fsp3) is 0.625. The van der Waals surface area contributed by atoms with Gasteiger partial charge in [0.2, 0.25) is 0 Å². The van der Waals surface area contributed by atoms with Crippen LogP contribution in [0.5, 0.6) is 0 Å². The van der Waals surface area contributed by atoms with Crippen molar-refractivity contribution in [1.29, 1.82) is 0 Å². The Morgan fingerprint density at radius 2 is 2.00 bits per heavy atom. The number of hydrogen-bond acceptors (Lipinski definition) is 4. The third kappa shape index (κ3) is 5.01. The van der Waals surface area contributed by atoms with Crippen molar-refractivity contribution >= 4 is 11.9 Å². The van der Waals surface area contributed by atoms with Crippen molar-refractivity contribution in [3.63, 3.8) is 0 Å². The van der Waals surface area contributed by atoms with Gasteiger partial charge in [0.15, 0.2) is 0 Å². The van der Waals surface area contributed by atoms with Crippen LogP contribution in [0.4, 0.5) is 23.8 Å². The van der Waals surface area contributed by atoms with Crippen molar-refractivity contribution < 1.29 is 22.7 Å². The molecule has 0 spiro atoms. The van der Waals surface area contributed by atoms with Gasteiger partial charge in [-0.15, -0.1) is 0 Å². The van der Waals surface area contributed by atoms with E-state index in [-0.39, 0.29) is 6.17 Å². The average molecular weight is 345 g/mol. The van der Waals surface area contributed by atoms with E-state index in [1.54, 1.807) is 25.7 Å². The van der Waals surface area contributed by atoms with E-state index in [1.165, 1.54) is 6.07 Å². The highest BCUT2D eigenvalue weighted by molar-refractivity contribution is 5.69. The van der Waals surface area contributed by atoms with Gasteiger partial charge < -0.3 is 10.1 Å². The van der Waals surface area contributed by atoms with Gasteiger partial charge in [-0.05, 0) is 52.2 Å². The number of carbonyl (C=O) groups excluding carboxylic acids is 1. The van der Waals surface area contributed by atoms with E-state index in [0.29, 0.717) is 18.8 Å². The van der Waals surface area contributed by atoms with Crippen molar-refractivity contribution in [2.45, 2.75) is 58.0 Å². The number of hydrogen-bond donors (Lipinski definition) is 1. The highest BCUT2D eigenvalue weighted by Gasteiger charge is 2.32. The van der Waals surface area contributed by atoms with E-state index >= 15 is 0 Å². The maximum absolute atomic E-state index is 12.6. The summed E-state index contributed by atoms with van der Waals surface area (Å²) in [7, 11) is 0. The molecule has 1 unspecified atom stereocenters. The standard InChI is InChI=1S/C16H22F3N3O2/c1-15(2,3)24-14(23)22-9-5-4-6-13(22)21-12-8-7-11(10-20-12)16(17,18)19/h7-8,10,13H,4-6,9H2,1-3H3,(H,20,21). The normalized spacial score (nSPS) is 19.1. The van der Waals surface area contributed by atoms with Crippen LogP contribution in [-0.4, -0.2) is 34.3 Å². The first-order valence-corrected chi connectivity index (χ1v) is 7.86. The van der Waals surface area contributed by atoms with Gasteiger partial charge in [-0.3, -0.25) is 4.90 Å². The number of nitrogens with one attached hydrogen (secondary N) is 1. The topological polar surface area (TPSA) is 54.5 Å². The molecule has 0 bridgehead atoms. The van der Waals surface area contributed by atoms with Crippen molar-refractivity contribution in [2.24, 2.45) is 0 Å². The Labute approximate surface area is 139 Å². The zero-order valence-electron chi connectivity index (χ0n) is 14.0. The van der Waals surface area contributed by atoms with Crippen LogP contribution < -0.4 is 5.32 Å². The molecular weight excluding hydrogens is 323 g/mol. The Morgan fingerprint density at radius 3 is 2.54 bits per heavy atom. The zero-order valence-corrected chi connectivity index (χ0v) is 14.0. The third-order valence-electron chi connectivity index (χ3n) is 3.54. The molecule has 0 aliphatic carbocycles. The van der Waals surface area contributed by atoms with Gasteiger partial charge in [-0.2, -0.15) is 13.2 Å². The lowest BCUT2D eigenvalue weighted by atomic mass is 10.1. The quantitative estimate of drug-likeness (QED) is 0.870. The second-order valence-corrected chi connectivity index (χ2v) is 6.76. The number of ether oxygens (including phenoxy) is 1. The predicted octanol–water partition coefficient (Wildman–Crippen LogP) is 4.26. The molecule has 1 aliphatic rings. The van der Waals surface area contributed by atoms with E-state index in [1.807, 2.05) is 0 Å². The molecule has 1 aromatic rings. The second-order valence-electron chi connectivity index (χ2n) is 6.76. The largest absolute Gasteiger partial charge is 0.444 e. The lowest BCUT2D eigenvalue weighted by molar-refractivity contribution is -0.137. The van der Waals surface area contributed by atoms with Gasteiger partial charge >= 0.3 is 12.3 Å². The van der Waals surface area contributed by atoms with Gasteiger partial charge in [0.05, 0.1) is 5.56 Å². The summed E-state index contributed by atoms with van der Waals surface area (Å²) < 4.78 is 43.1. The predicted molar refractivity (Wildman–Crippen MR) is 83.4 cm³/mol. The minimum absolute atomic E-state index is 0.295. The number of amides is 1. The van der Waals surface area contributed by atoms with Crippen LogP contribution in [0.3, 0.4) is 0 Å². The summed E-state index contributed by atoms with van der Waals surface area (Å²) in [5.74, 6) is 0.295. The Hall–Kier alpha value is -1.99. The fourth-order valence-corrected chi connectivity index (χ4v) is 2.44. The summed E-state index contributed by atoms with van der Waals surface area (Å²) in [6.07, 6.45) is -1.97. The van der Waals surface area contributed by atoms with Crippen LogP contribution >= 0.6 is 0 Å². The van der Waals surface area contributed by atoms with Crippen molar-refractivity contribution in [1.82, 2.24) is 9.88 Å². The summed E-state index contributed by atoms with van der Waals surface area (Å²) in [5.41, 5.74) is -1.41. The van der Waals surface area contributed by atoms with E-state index in [0.717, 1.165) is 25.1 Å². The van der Waals surface area contributed by atoms with Crippen molar-refractivity contribution in [2.75, 3.05) is 11.9 Å². The molecule has 1 amide bonds. The average Bonchev–Trinajstić information content (AvgIpc) is 2.45. The SMILES string of the molecule is CC(C)(C)OC(=O)N1CCCCC1Nc1ccc(C(F)(F)F)cn1. The number of halogens is 3. The first-order valence-electron chi connectivity index (χ1n) is 7.86. The van der Waals surface area contributed by atoms with Gasteiger partial charge in [-0.25, -0.2) is 9.78 Å². The number of carbonyl (C=O) groups is 1. The highest BCUT2D eigenvalue weighted by atomic mass is 19.4. The molecule has 134 valence electrons. The highest BCUT2D eigenvalue weighted by Crippen LogP contribution is 2.29. The van der Waals surface area contributed by atoms with Crippen LogP contribution in [-0.2, 0) is 10.9 Å². The lowest BCUT2D eigenvalue weighted by Gasteiger charge is -2.37. The maximum atomic E-state index is 12.6. The molecule has 2 heterocycles. The summed E-state index contributed by atoms with van der Waals surface area (Å²) in [5, 5.41) is 3.02. The summed E-state index contributed by atoms with van der Waals surface area (Å²) in [6, 6.07) is 2.24. The van der Waals surface area contributed by atoms with E-state index in [4.69, 9.17) is 4.74 Å². The molecule has 1 aliphatic heterocycles. The van der Waals surface area contributed by atoms with Crippen LogP contribution in [0, 0.1) is 0 Å². The summed E-state index contributed by atoms with van der Waals surface area (Å²) in [6.45, 7) is 5.89. The molecule has 8 heteroatoms. The second kappa shape index (κ2) is 6.86. The maximum Gasteiger partial charge on any atom is 0.417 e. The van der Waals surface area contributed by atoms with E-state index < -0.39 is 23.4 Å². The number of anilines is 1. The number of pyridine rings is 1. The Morgan fingerprint density at radius 1 is 1.29 bits per heavy atom. The smallest absolute Gasteiger partial charge is 0.417 e. The monoisotopic (exact) mass is 345 g/mol. The molecule has 2 rings (SSSR count). The molecule has 1 saturated heterocycles. The zero-order chi connectivity index (χ0) is 18.0.